The summed E-state index contributed by atoms with van der Waals surface area (Å²) in [5.41, 5.74) is 2.00. The molecule has 0 aliphatic heterocycles. The smallest absolute Gasteiger partial charge is 0.186 e. The molecule has 0 saturated carbocycles. The standard InChI is InChI=1S/C12H15N3S2/c1-9(2)15-17-16-12(8-13)14-11-6-4-10(3)5-7-11/h4-7,9,15H,1-3H3. The predicted molar refractivity (Wildman–Crippen MR) is 77.3 cm³/mol. The van der Waals surface area contributed by atoms with Crippen molar-refractivity contribution < 1.29 is 0 Å². The average Bonchev–Trinajstić information content (AvgIpc) is 2.30. The molecule has 0 aromatic heterocycles. The summed E-state index contributed by atoms with van der Waals surface area (Å²) in [6, 6.07) is 10.3. The van der Waals surface area contributed by atoms with Gasteiger partial charge in [-0.2, -0.15) is 5.26 Å². The second kappa shape index (κ2) is 7.38. The number of nitriles is 1. The number of nitrogens with zero attached hydrogens (tertiary/aromatic N) is 2. The summed E-state index contributed by atoms with van der Waals surface area (Å²) in [6.45, 7) is 6.13. The van der Waals surface area contributed by atoms with Crippen LogP contribution in [-0.2, 0) is 0 Å². The number of hydrogen-bond donors (Lipinski definition) is 1. The number of nitrogens with one attached hydrogen (secondary N) is 1. The van der Waals surface area contributed by atoms with Gasteiger partial charge in [-0.1, -0.05) is 17.7 Å². The maximum absolute atomic E-state index is 8.96. The summed E-state index contributed by atoms with van der Waals surface area (Å²) in [6.07, 6.45) is 0. The number of rotatable bonds is 4. The number of benzene rings is 1. The third-order valence-electron chi connectivity index (χ3n) is 1.76. The van der Waals surface area contributed by atoms with E-state index < -0.39 is 0 Å². The molecule has 1 aromatic carbocycles. The maximum Gasteiger partial charge on any atom is 0.186 e. The average molecular weight is 265 g/mol. The van der Waals surface area contributed by atoms with Crippen LogP contribution in [0.2, 0.25) is 0 Å². The minimum absolute atomic E-state index is 0.381. The van der Waals surface area contributed by atoms with Gasteiger partial charge < -0.3 is 0 Å². The zero-order valence-corrected chi connectivity index (χ0v) is 11.7. The Morgan fingerprint density at radius 3 is 2.53 bits per heavy atom. The van der Waals surface area contributed by atoms with E-state index in [-0.39, 0.29) is 0 Å². The first kappa shape index (κ1) is 14.1. The molecule has 0 saturated heterocycles. The van der Waals surface area contributed by atoms with Crippen molar-refractivity contribution in [2.75, 3.05) is 0 Å². The molecule has 0 aliphatic carbocycles. The van der Waals surface area contributed by atoms with E-state index in [4.69, 9.17) is 5.26 Å². The highest BCUT2D eigenvalue weighted by molar-refractivity contribution is 8.81. The fourth-order valence-electron chi connectivity index (χ4n) is 0.959. The lowest BCUT2D eigenvalue weighted by Gasteiger charge is -2.04. The van der Waals surface area contributed by atoms with Gasteiger partial charge in [0.1, 0.15) is 6.07 Å². The zero-order valence-electron chi connectivity index (χ0n) is 10.1. The number of aryl methyl sites for hydroxylation is 1. The molecule has 0 bridgehead atoms. The molecule has 1 rings (SSSR count). The maximum atomic E-state index is 8.96. The van der Waals surface area contributed by atoms with E-state index in [1.165, 1.54) is 27.3 Å². The highest BCUT2D eigenvalue weighted by Gasteiger charge is 2.01. The molecule has 90 valence electrons. The third-order valence-corrected chi connectivity index (χ3v) is 3.77. The Morgan fingerprint density at radius 1 is 1.35 bits per heavy atom. The van der Waals surface area contributed by atoms with Crippen LogP contribution in [0.15, 0.2) is 29.3 Å². The Labute approximate surface area is 110 Å². The van der Waals surface area contributed by atoms with E-state index in [1.54, 1.807) is 0 Å². The van der Waals surface area contributed by atoms with Gasteiger partial charge in [-0.25, -0.2) is 4.99 Å². The van der Waals surface area contributed by atoms with Gasteiger partial charge in [0, 0.05) is 6.04 Å². The lowest BCUT2D eigenvalue weighted by molar-refractivity contribution is 0.775. The fraction of sp³-hybridized carbons (Fsp3) is 0.333. The second-order valence-electron chi connectivity index (χ2n) is 3.80. The first-order valence-electron chi connectivity index (χ1n) is 5.26. The van der Waals surface area contributed by atoms with Gasteiger partial charge in [-0.05, 0) is 54.7 Å². The van der Waals surface area contributed by atoms with E-state index in [9.17, 15) is 0 Å². The highest BCUT2D eigenvalue weighted by atomic mass is 33.1. The Balaban J connectivity index is 2.61. The van der Waals surface area contributed by atoms with Crippen molar-refractivity contribution in [3.63, 3.8) is 0 Å². The van der Waals surface area contributed by atoms with Gasteiger partial charge >= 0.3 is 0 Å². The Morgan fingerprint density at radius 2 is 2.00 bits per heavy atom. The molecule has 0 unspecified atom stereocenters. The fourth-order valence-corrected chi connectivity index (χ4v) is 2.64. The molecule has 0 spiro atoms. The predicted octanol–water partition coefficient (Wildman–Crippen LogP) is 3.84. The van der Waals surface area contributed by atoms with Crippen LogP contribution < -0.4 is 4.72 Å². The van der Waals surface area contributed by atoms with Crippen LogP contribution in [0.3, 0.4) is 0 Å². The molecule has 0 radical (unpaired) electrons. The van der Waals surface area contributed by atoms with E-state index in [0.717, 1.165) is 5.69 Å². The van der Waals surface area contributed by atoms with Crippen molar-refractivity contribution >= 4 is 32.5 Å². The molecule has 0 heterocycles. The molecule has 17 heavy (non-hydrogen) atoms. The van der Waals surface area contributed by atoms with Crippen LogP contribution in [0.25, 0.3) is 0 Å². The molecule has 0 amide bonds. The Hall–Kier alpha value is -0.960. The third kappa shape index (κ3) is 5.78. The SMILES string of the molecule is Cc1ccc(N=C(C#N)SSNC(C)C)cc1. The summed E-state index contributed by atoms with van der Waals surface area (Å²) < 4.78 is 3.15. The molecule has 0 fully saturated rings. The highest BCUT2D eigenvalue weighted by Crippen LogP contribution is 2.23. The second-order valence-corrected chi connectivity index (χ2v) is 5.76. The topological polar surface area (TPSA) is 48.2 Å². The minimum Gasteiger partial charge on any atom is -0.252 e. The Bertz CT molecular complexity index is 418. The summed E-state index contributed by atoms with van der Waals surface area (Å²) in [4.78, 5) is 4.27. The summed E-state index contributed by atoms with van der Waals surface area (Å²) >= 11 is 0. The quantitative estimate of drug-likeness (QED) is 0.389. The molecule has 1 aromatic rings. The lowest BCUT2D eigenvalue weighted by Crippen LogP contribution is -2.12. The van der Waals surface area contributed by atoms with Crippen molar-refractivity contribution in [1.82, 2.24) is 4.72 Å². The minimum atomic E-state index is 0.381. The van der Waals surface area contributed by atoms with Gasteiger partial charge in [0.25, 0.3) is 0 Å². The first-order chi connectivity index (χ1) is 8.11. The van der Waals surface area contributed by atoms with Gasteiger partial charge in [-0.15, -0.1) is 0 Å². The van der Waals surface area contributed by atoms with Crippen LogP contribution in [0.1, 0.15) is 19.4 Å². The van der Waals surface area contributed by atoms with Gasteiger partial charge in [0.05, 0.1) is 5.69 Å². The van der Waals surface area contributed by atoms with Crippen molar-refractivity contribution in [2.24, 2.45) is 4.99 Å². The van der Waals surface area contributed by atoms with E-state index in [2.05, 4.69) is 29.6 Å². The largest absolute Gasteiger partial charge is 0.252 e. The number of aliphatic imine (C=N–C) groups is 1. The van der Waals surface area contributed by atoms with E-state index in [1.807, 2.05) is 31.2 Å². The molecule has 0 aliphatic rings. The lowest BCUT2D eigenvalue weighted by atomic mass is 10.2. The van der Waals surface area contributed by atoms with Crippen molar-refractivity contribution in [3.8, 4) is 6.07 Å². The van der Waals surface area contributed by atoms with Gasteiger partial charge in [-0.3, -0.25) is 4.72 Å². The van der Waals surface area contributed by atoms with Crippen LogP contribution in [0.5, 0.6) is 0 Å². The zero-order chi connectivity index (χ0) is 12.7. The van der Waals surface area contributed by atoms with Gasteiger partial charge in [0.2, 0.25) is 0 Å². The normalized spacial score (nSPS) is 11.6. The van der Waals surface area contributed by atoms with Crippen molar-refractivity contribution in [2.45, 2.75) is 26.8 Å². The van der Waals surface area contributed by atoms with E-state index >= 15 is 0 Å². The van der Waals surface area contributed by atoms with Crippen LogP contribution >= 0.6 is 21.8 Å². The Kier molecular flexibility index (Phi) is 6.12. The van der Waals surface area contributed by atoms with Crippen molar-refractivity contribution in [3.05, 3.63) is 29.8 Å². The molecule has 1 N–H and O–H groups in total. The van der Waals surface area contributed by atoms with Crippen LogP contribution in [-0.4, -0.2) is 11.1 Å². The summed E-state index contributed by atoms with van der Waals surface area (Å²) in [5, 5.41) is 9.42. The van der Waals surface area contributed by atoms with E-state index in [0.29, 0.717) is 11.1 Å². The van der Waals surface area contributed by atoms with Crippen molar-refractivity contribution in [1.29, 1.82) is 5.26 Å². The summed E-state index contributed by atoms with van der Waals surface area (Å²) in [7, 11) is 2.77. The molecular formula is C12H15N3S2. The number of hydrogen-bond acceptors (Lipinski definition) is 5. The molecule has 5 heteroatoms. The van der Waals surface area contributed by atoms with Crippen LogP contribution in [0, 0.1) is 18.3 Å². The van der Waals surface area contributed by atoms with Gasteiger partial charge in [0.15, 0.2) is 5.04 Å². The molecule has 3 nitrogen and oxygen atoms in total. The first-order valence-corrected chi connectivity index (χ1v) is 7.41. The summed E-state index contributed by atoms with van der Waals surface area (Å²) in [5.74, 6) is 0. The monoisotopic (exact) mass is 265 g/mol. The molecule has 0 atom stereocenters. The van der Waals surface area contributed by atoms with Crippen LogP contribution in [0.4, 0.5) is 5.69 Å². The molecular weight excluding hydrogens is 250 g/mol.